The van der Waals surface area contributed by atoms with Crippen LogP contribution in [0.2, 0.25) is 0 Å². The van der Waals surface area contributed by atoms with E-state index < -0.39 is 0 Å². The number of benzene rings is 1. The average molecular weight is 190 g/mol. The lowest BCUT2D eigenvalue weighted by molar-refractivity contribution is -0.385. The Morgan fingerprint density at radius 2 is 2.21 bits per heavy atom. The molecule has 0 fully saturated rings. The second-order valence-electron chi connectivity index (χ2n) is 3.15. The maximum atomic E-state index is 10.8. The van der Waals surface area contributed by atoms with Gasteiger partial charge >= 0.3 is 0 Å². The molecule has 1 aromatic carbocycles. The van der Waals surface area contributed by atoms with Gasteiger partial charge in [-0.25, -0.2) is 0 Å². The molecule has 0 heterocycles. The number of rotatable bonds is 3. The molecule has 0 amide bonds. The molecule has 0 N–H and O–H groups in total. The lowest BCUT2D eigenvalue weighted by Gasteiger charge is -2.07. The minimum Gasteiger partial charge on any atom is -0.258 e. The van der Waals surface area contributed by atoms with Crippen molar-refractivity contribution in [1.82, 2.24) is 0 Å². The Morgan fingerprint density at radius 3 is 2.64 bits per heavy atom. The standard InChI is InChI=1S/C11H12NO2/c1-4-9-6-5-7-10(8(2)3)11(9)12(13)14/h4-8H,1-2H2,3H3. The third kappa shape index (κ3) is 1.82. The van der Waals surface area contributed by atoms with Gasteiger partial charge in [-0.05, 0) is 18.9 Å². The van der Waals surface area contributed by atoms with Crippen molar-refractivity contribution in [3.05, 3.63) is 52.9 Å². The molecule has 73 valence electrons. The monoisotopic (exact) mass is 190 g/mol. The fourth-order valence-corrected chi connectivity index (χ4v) is 1.35. The van der Waals surface area contributed by atoms with Crippen LogP contribution in [-0.2, 0) is 0 Å². The zero-order valence-electron chi connectivity index (χ0n) is 8.06. The van der Waals surface area contributed by atoms with Gasteiger partial charge in [0.2, 0.25) is 0 Å². The van der Waals surface area contributed by atoms with Crippen LogP contribution in [0.3, 0.4) is 0 Å². The molecule has 1 rings (SSSR count). The van der Waals surface area contributed by atoms with Gasteiger partial charge in [0.15, 0.2) is 0 Å². The van der Waals surface area contributed by atoms with Crippen molar-refractivity contribution in [1.29, 1.82) is 0 Å². The lowest BCUT2D eigenvalue weighted by atomic mass is 9.98. The number of nitrogens with zero attached hydrogens (tertiary/aromatic N) is 1. The molecule has 0 aliphatic carbocycles. The average Bonchev–Trinajstić information content (AvgIpc) is 2.16. The summed E-state index contributed by atoms with van der Waals surface area (Å²) in [5.74, 6) is -0.102. The van der Waals surface area contributed by atoms with Gasteiger partial charge in [-0.2, -0.15) is 0 Å². The van der Waals surface area contributed by atoms with E-state index in [1.807, 2.05) is 6.92 Å². The summed E-state index contributed by atoms with van der Waals surface area (Å²) >= 11 is 0. The molecule has 3 nitrogen and oxygen atoms in total. The lowest BCUT2D eigenvalue weighted by Crippen LogP contribution is -1.99. The molecule has 0 saturated heterocycles. The molecule has 0 saturated carbocycles. The molecule has 3 heteroatoms. The summed E-state index contributed by atoms with van der Waals surface area (Å²) in [6.45, 7) is 9.17. The smallest absolute Gasteiger partial charge is 0.258 e. The van der Waals surface area contributed by atoms with Gasteiger partial charge in [-0.1, -0.05) is 31.7 Å². The van der Waals surface area contributed by atoms with E-state index >= 15 is 0 Å². The van der Waals surface area contributed by atoms with E-state index in [4.69, 9.17) is 0 Å². The van der Waals surface area contributed by atoms with Crippen LogP contribution in [0.5, 0.6) is 0 Å². The third-order valence-electron chi connectivity index (χ3n) is 2.03. The van der Waals surface area contributed by atoms with Crippen molar-refractivity contribution in [3.8, 4) is 0 Å². The highest BCUT2D eigenvalue weighted by Crippen LogP contribution is 2.29. The first-order chi connectivity index (χ1) is 6.57. The predicted molar refractivity (Wildman–Crippen MR) is 57.0 cm³/mol. The van der Waals surface area contributed by atoms with Crippen molar-refractivity contribution in [2.75, 3.05) is 0 Å². The molecule has 14 heavy (non-hydrogen) atoms. The number of hydrogen-bond acceptors (Lipinski definition) is 2. The van der Waals surface area contributed by atoms with Crippen LogP contribution in [0, 0.1) is 17.0 Å². The maximum absolute atomic E-state index is 10.8. The van der Waals surface area contributed by atoms with Gasteiger partial charge in [-0.15, -0.1) is 0 Å². The van der Waals surface area contributed by atoms with E-state index in [9.17, 15) is 10.1 Å². The Morgan fingerprint density at radius 1 is 1.57 bits per heavy atom. The summed E-state index contributed by atoms with van der Waals surface area (Å²) in [6.07, 6.45) is 1.49. The molecule has 1 unspecified atom stereocenters. The van der Waals surface area contributed by atoms with E-state index in [1.165, 1.54) is 6.08 Å². The molecular formula is C11H12NO2. The quantitative estimate of drug-likeness (QED) is 0.542. The summed E-state index contributed by atoms with van der Waals surface area (Å²) in [5.41, 5.74) is 1.31. The summed E-state index contributed by atoms with van der Waals surface area (Å²) in [6, 6.07) is 5.18. The van der Waals surface area contributed by atoms with Gasteiger partial charge in [0, 0.05) is 5.56 Å². The SMILES string of the molecule is [CH2]C(C)c1cccc(C=C)c1[N+](=O)[O-]. The third-order valence-corrected chi connectivity index (χ3v) is 2.03. The zero-order chi connectivity index (χ0) is 10.7. The Bertz CT molecular complexity index is 370. The summed E-state index contributed by atoms with van der Waals surface area (Å²) < 4.78 is 0. The minimum atomic E-state index is -0.381. The van der Waals surface area contributed by atoms with E-state index in [2.05, 4.69) is 13.5 Å². The van der Waals surface area contributed by atoms with Crippen molar-refractivity contribution < 1.29 is 4.92 Å². The van der Waals surface area contributed by atoms with Crippen molar-refractivity contribution in [2.45, 2.75) is 12.8 Å². The fourth-order valence-electron chi connectivity index (χ4n) is 1.35. The molecule has 0 aromatic heterocycles. The number of para-hydroxylation sites is 1. The molecule has 0 aliphatic rings. The number of nitro benzene ring substituents is 1. The molecule has 1 aromatic rings. The zero-order valence-corrected chi connectivity index (χ0v) is 8.06. The Balaban J connectivity index is 3.43. The largest absolute Gasteiger partial charge is 0.279 e. The van der Waals surface area contributed by atoms with Crippen LogP contribution < -0.4 is 0 Å². The summed E-state index contributed by atoms with van der Waals surface area (Å²) in [4.78, 5) is 10.5. The molecule has 0 bridgehead atoms. The fraction of sp³-hybridized carbons (Fsp3) is 0.182. The summed E-state index contributed by atoms with van der Waals surface area (Å²) in [7, 11) is 0. The molecule has 1 atom stereocenters. The first kappa shape index (κ1) is 10.4. The molecule has 0 aliphatic heterocycles. The Labute approximate surface area is 83.2 Å². The molecule has 0 spiro atoms. The first-order valence-corrected chi connectivity index (χ1v) is 4.30. The highest BCUT2D eigenvalue weighted by Gasteiger charge is 2.19. The summed E-state index contributed by atoms with van der Waals surface area (Å²) in [5, 5.41) is 10.8. The minimum absolute atomic E-state index is 0.102. The van der Waals surface area contributed by atoms with Gasteiger partial charge in [-0.3, -0.25) is 10.1 Å². The van der Waals surface area contributed by atoms with Gasteiger partial charge < -0.3 is 0 Å². The van der Waals surface area contributed by atoms with Crippen LogP contribution in [0.4, 0.5) is 5.69 Å². The van der Waals surface area contributed by atoms with Gasteiger partial charge in [0.05, 0.1) is 10.5 Å². The number of hydrogen-bond donors (Lipinski definition) is 0. The second kappa shape index (κ2) is 4.05. The van der Waals surface area contributed by atoms with Crippen molar-refractivity contribution in [2.24, 2.45) is 0 Å². The van der Waals surface area contributed by atoms with Crippen LogP contribution in [-0.4, -0.2) is 4.92 Å². The van der Waals surface area contributed by atoms with Gasteiger partial charge in [0.1, 0.15) is 0 Å². The van der Waals surface area contributed by atoms with Crippen LogP contribution in [0.25, 0.3) is 6.08 Å². The normalized spacial score (nSPS) is 10.2. The Kier molecular flexibility index (Phi) is 3.02. The van der Waals surface area contributed by atoms with E-state index in [0.29, 0.717) is 11.1 Å². The predicted octanol–water partition coefficient (Wildman–Crippen LogP) is 3.18. The van der Waals surface area contributed by atoms with Crippen molar-refractivity contribution in [3.63, 3.8) is 0 Å². The molecule has 1 radical (unpaired) electrons. The number of nitro groups is 1. The highest BCUT2D eigenvalue weighted by molar-refractivity contribution is 5.63. The highest BCUT2D eigenvalue weighted by atomic mass is 16.6. The Hall–Kier alpha value is -1.64. The van der Waals surface area contributed by atoms with Gasteiger partial charge in [0.25, 0.3) is 5.69 Å². The first-order valence-electron chi connectivity index (χ1n) is 4.30. The second-order valence-corrected chi connectivity index (χ2v) is 3.15. The van der Waals surface area contributed by atoms with Crippen LogP contribution in [0.1, 0.15) is 24.0 Å². The topological polar surface area (TPSA) is 43.1 Å². The molecular weight excluding hydrogens is 178 g/mol. The maximum Gasteiger partial charge on any atom is 0.279 e. The van der Waals surface area contributed by atoms with Crippen molar-refractivity contribution >= 4 is 11.8 Å². The van der Waals surface area contributed by atoms with E-state index in [1.54, 1.807) is 18.2 Å². The van der Waals surface area contributed by atoms with Crippen LogP contribution in [0.15, 0.2) is 24.8 Å². The van der Waals surface area contributed by atoms with E-state index in [0.717, 1.165) is 0 Å². The van der Waals surface area contributed by atoms with E-state index in [-0.39, 0.29) is 16.5 Å². The van der Waals surface area contributed by atoms with Crippen LogP contribution >= 0.6 is 0 Å².